The molecule has 0 radical (unpaired) electrons. The summed E-state index contributed by atoms with van der Waals surface area (Å²) >= 11 is 0. The number of aryl methyl sites for hydroxylation is 1. The van der Waals surface area contributed by atoms with Crippen LogP contribution in [0.1, 0.15) is 36.8 Å². The summed E-state index contributed by atoms with van der Waals surface area (Å²) in [6.07, 6.45) is 3.43. The van der Waals surface area contributed by atoms with E-state index in [4.69, 9.17) is 0 Å². The number of hydrogen-bond donors (Lipinski definition) is 2. The summed E-state index contributed by atoms with van der Waals surface area (Å²) in [5.74, 6) is 0. The van der Waals surface area contributed by atoms with Gasteiger partial charge < -0.3 is 5.11 Å². The van der Waals surface area contributed by atoms with Gasteiger partial charge in [-0.3, -0.25) is 0 Å². The Morgan fingerprint density at radius 1 is 1.08 bits per heavy atom. The summed E-state index contributed by atoms with van der Waals surface area (Å²) in [7, 11) is -3.63. The Kier molecular flexibility index (Phi) is 5.27. The number of benzene rings is 2. The molecule has 0 heterocycles. The van der Waals surface area contributed by atoms with Gasteiger partial charge in [-0.1, -0.05) is 60.9 Å². The number of aliphatic hydroxyl groups is 1. The zero-order valence-corrected chi connectivity index (χ0v) is 15.3. The molecule has 1 fully saturated rings. The highest BCUT2D eigenvalue weighted by molar-refractivity contribution is 7.89. The molecular formula is C20H25NO3S. The molecule has 0 unspecified atom stereocenters. The highest BCUT2D eigenvalue weighted by Crippen LogP contribution is 2.40. The molecule has 0 saturated heterocycles. The van der Waals surface area contributed by atoms with Crippen LogP contribution in [0, 0.1) is 6.92 Å². The average Bonchev–Trinajstić information content (AvgIpc) is 2.63. The van der Waals surface area contributed by atoms with Crippen LogP contribution < -0.4 is 4.72 Å². The van der Waals surface area contributed by atoms with Crippen LogP contribution in [0.2, 0.25) is 0 Å². The van der Waals surface area contributed by atoms with Crippen molar-refractivity contribution in [2.45, 2.75) is 49.0 Å². The van der Waals surface area contributed by atoms with Crippen molar-refractivity contribution in [2.75, 3.05) is 6.61 Å². The topological polar surface area (TPSA) is 66.4 Å². The zero-order chi connectivity index (χ0) is 17.9. The molecule has 0 aromatic heterocycles. The molecule has 3 rings (SSSR count). The van der Waals surface area contributed by atoms with Gasteiger partial charge in [-0.15, -0.1) is 0 Å². The fourth-order valence-electron chi connectivity index (χ4n) is 3.78. The molecule has 2 atom stereocenters. The molecule has 1 aliphatic carbocycles. The maximum atomic E-state index is 12.9. The number of rotatable bonds is 5. The number of nitrogens with one attached hydrogen (secondary N) is 1. The average molecular weight is 359 g/mol. The monoisotopic (exact) mass is 359 g/mol. The Morgan fingerprint density at radius 3 is 2.40 bits per heavy atom. The van der Waals surface area contributed by atoms with Gasteiger partial charge in [0.1, 0.15) is 0 Å². The second kappa shape index (κ2) is 7.28. The van der Waals surface area contributed by atoms with Crippen LogP contribution >= 0.6 is 0 Å². The molecule has 25 heavy (non-hydrogen) atoms. The summed E-state index contributed by atoms with van der Waals surface area (Å²) in [5.41, 5.74) is 1.44. The second-order valence-electron chi connectivity index (χ2n) is 6.91. The molecule has 2 aromatic rings. The Hall–Kier alpha value is -1.69. The third kappa shape index (κ3) is 3.64. The highest BCUT2D eigenvalue weighted by Gasteiger charge is 2.43. The van der Waals surface area contributed by atoms with E-state index >= 15 is 0 Å². The van der Waals surface area contributed by atoms with E-state index < -0.39 is 15.4 Å². The van der Waals surface area contributed by atoms with Crippen LogP contribution in [0.4, 0.5) is 0 Å². The predicted molar refractivity (Wildman–Crippen MR) is 99.0 cm³/mol. The second-order valence-corrected chi connectivity index (χ2v) is 8.63. The van der Waals surface area contributed by atoms with Gasteiger partial charge in [0.05, 0.1) is 11.5 Å². The predicted octanol–water partition coefficient (Wildman–Crippen LogP) is 3.15. The molecule has 1 saturated carbocycles. The first-order valence-corrected chi connectivity index (χ1v) is 10.2. The van der Waals surface area contributed by atoms with E-state index in [1.165, 1.54) is 0 Å². The fourth-order valence-corrected chi connectivity index (χ4v) is 5.13. The maximum Gasteiger partial charge on any atom is 0.240 e. The SMILES string of the molecule is Cc1ccc(S(=O)(=O)N[C@H]2CCCC[C@@]2(CO)c2ccccc2)cc1. The normalized spacial score (nSPS) is 24.2. The van der Waals surface area contributed by atoms with E-state index in [1.807, 2.05) is 37.3 Å². The summed E-state index contributed by atoms with van der Waals surface area (Å²) in [5, 5.41) is 10.2. The van der Waals surface area contributed by atoms with E-state index in [9.17, 15) is 13.5 Å². The highest BCUT2D eigenvalue weighted by atomic mass is 32.2. The smallest absolute Gasteiger partial charge is 0.240 e. The number of sulfonamides is 1. The summed E-state index contributed by atoms with van der Waals surface area (Å²) < 4.78 is 28.6. The Morgan fingerprint density at radius 2 is 1.76 bits per heavy atom. The molecule has 4 nitrogen and oxygen atoms in total. The maximum absolute atomic E-state index is 12.9. The summed E-state index contributed by atoms with van der Waals surface area (Å²) in [6.45, 7) is 1.86. The van der Waals surface area contributed by atoms with Crippen molar-refractivity contribution in [3.8, 4) is 0 Å². The van der Waals surface area contributed by atoms with Crippen LogP contribution in [0.25, 0.3) is 0 Å². The van der Waals surface area contributed by atoms with Crippen molar-refractivity contribution in [1.29, 1.82) is 0 Å². The lowest BCUT2D eigenvalue weighted by molar-refractivity contribution is 0.124. The van der Waals surface area contributed by atoms with Gasteiger partial charge >= 0.3 is 0 Å². The molecule has 0 bridgehead atoms. The standard InChI is InChI=1S/C20H25NO3S/c1-16-10-12-18(13-11-16)25(23,24)21-19-9-5-6-14-20(19,15-22)17-7-3-2-4-8-17/h2-4,7-8,10-13,19,21-22H,5-6,9,14-15H2,1H3/t19-,20+/m0/s1. The van der Waals surface area contributed by atoms with Crippen molar-refractivity contribution in [1.82, 2.24) is 4.72 Å². The lowest BCUT2D eigenvalue weighted by Crippen LogP contribution is -2.54. The molecule has 0 amide bonds. The minimum atomic E-state index is -3.63. The van der Waals surface area contributed by atoms with Gasteiger partial charge in [0.2, 0.25) is 10.0 Å². The first-order valence-electron chi connectivity index (χ1n) is 8.73. The van der Waals surface area contributed by atoms with E-state index in [0.717, 1.165) is 36.8 Å². The van der Waals surface area contributed by atoms with Crippen LogP contribution in [0.3, 0.4) is 0 Å². The van der Waals surface area contributed by atoms with Crippen LogP contribution in [-0.2, 0) is 15.4 Å². The number of aliphatic hydroxyl groups excluding tert-OH is 1. The molecule has 134 valence electrons. The van der Waals surface area contributed by atoms with E-state index in [-0.39, 0.29) is 17.5 Å². The lowest BCUT2D eigenvalue weighted by atomic mass is 9.67. The zero-order valence-electron chi connectivity index (χ0n) is 14.5. The van der Waals surface area contributed by atoms with E-state index in [0.29, 0.717) is 0 Å². The Labute approximate surface area is 150 Å². The van der Waals surface area contributed by atoms with Crippen molar-refractivity contribution in [3.05, 3.63) is 65.7 Å². The molecule has 2 N–H and O–H groups in total. The van der Waals surface area contributed by atoms with Crippen molar-refractivity contribution < 1.29 is 13.5 Å². The largest absolute Gasteiger partial charge is 0.395 e. The quantitative estimate of drug-likeness (QED) is 0.862. The van der Waals surface area contributed by atoms with Gasteiger partial charge in [-0.2, -0.15) is 0 Å². The summed E-state index contributed by atoms with van der Waals surface area (Å²) in [6, 6.07) is 16.3. The van der Waals surface area contributed by atoms with Crippen LogP contribution in [0.15, 0.2) is 59.5 Å². The summed E-state index contributed by atoms with van der Waals surface area (Å²) in [4.78, 5) is 0.267. The van der Waals surface area contributed by atoms with Gasteiger partial charge in [-0.25, -0.2) is 13.1 Å². The van der Waals surface area contributed by atoms with Crippen LogP contribution in [0.5, 0.6) is 0 Å². The van der Waals surface area contributed by atoms with Gasteiger partial charge in [0.15, 0.2) is 0 Å². The minimum Gasteiger partial charge on any atom is -0.395 e. The van der Waals surface area contributed by atoms with Crippen LogP contribution in [-0.4, -0.2) is 26.2 Å². The van der Waals surface area contributed by atoms with Crippen molar-refractivity contribution >= 4 is 10.0 Å². The molecule has 5 heteroatoms. The molecule has 0 spiro atoms. The Bertz CT molecular complexity index is 803. The number of hydrogen-bond acceptors (Lipinski definition) is 3. The molecule has 1 aliphatic rings. The molecule has 0 aliphatic heterocycles. The fraction of sp³-hybridized carbons (Fsp3) is 0.400. The van der Waals surface area contributed by atoms with Gasteiger partial charge in [0, 0.05) is 11.5 Å². The molecular weight excluding hydrogens is 334 g/mol. The van der Waals surface area contributed by atoms with Crippen molar-refractivity contribution in [3.63, 3.8) is 0 Å². The third-order valence-corrected chi connectivity index (χ3v) is 6.78. The third-order valence-electron chi connectivity index (χ3n) is 5.29. The Balaban J connectivity index is 1.94. The van der Waals surface area contributed by atoms with Crippen molar-refractivity contribution in [2.24, 2.45) is 0 Å². The first-order chi connectivity index (χ1) is 12.0. The molecule has 2 aromatic carbocycles. The van der Waals surface area contributed by atoms with E-state index in [2.05, 4.69) is 4.72 Å². The first kappa shape index (κ1) is 18.1. The minimum absolute atomic E-state index is 0.0713. The van der Waals surface area contributed by atoms with Gasteiger partial charge in [0.25, 0.3) is 0 Å². The van der Waals surface area contributed by atoms with Gasteiger partial charge in [-0.05, 0) is 37.5 Å². The lowest BCUT2D eigenvalue weighted by Gasteiger charge is -2.43. The van der Waals surface area contributed by atoms with E-state index in [1.54, 1.807) is 24.3 Å².